The second-order valence-electron chi connectivity index (χ2n) is 3.88. The molecule has 2 atom stereocenters. The molecule has 1 aromatic rings. The maximum Gasteiger partial charge on any atom is 0.312 e. The minimum absolute atomic E-state index is 0.187. The van der Waals surface area contributed by atoms with Gasteiger partial charge in [0.15, 0.2) is 0 Å². The molecule has 0 spiro atoms. The number of ether oxygens (including phenoxy) is 1. The van der Waals surface area contributed by atoms with Gasteiger partial charge in [-0.1, -0.05) is 23.7 Å². The van der Waals surface area contributed by atoms with Crippen molar-refractivity contribution in [1.29, 1.82) is 0 Å². The van der Waals surface area contributed by atoms with Crippen molar-refractivity contribution in [2.24, 2.45) is 5.92 Å². The first-order chi connectivity index (χ1) is 7.58. The Labute approximate surface area is 98.4 Å². The SMILES string of the molecule is CCOC(=O)[C@H]1C[C@]1(F)c1cccc(Cl)c1. The molecule has 1 aromatic carbocycles. The third-order valence-electron chi connectivity index (χ3n) is 2.77. The van der Waals surface area contributed by atoms with Crippen LogP contribution in [-0.4, -0.2) is 12.6 Å². The molecule has 1 aliphatic rings. The van der Waals surface area contributed by atoms with E-state index in [1.807, 2.05) is 0 Å². The van der Waals surface area contributed by atoms with Gasteiger partial charge < -0.3 is 4.74 Å². The summed E-state index contributed by atoms with van der Waals surface area (Å²) in [6, 6.07) is 6.56. The predicted molar refractivity (Wildman–Crippen MR) is 59.0 cm³/mol. The zero-order chi connectivity index (χ0) is 11.8. The van der Waals surface area contributed by atoms with Crippen molar-refractivity contribution in [2.75, 3.05) is 6.61 Å². The molecule has 2 rings (SSSR count). The molecular weight excluding hydrogens is 231 g/mol. The summed E-state index contributed by atoms with van der Waals surface area (Å²) in [6.45, 7) is 1.99. The fourth-order valence-electron chi connectivity index (χ4n) is 1.82. The summed E-state index contributed by atoms with van der Waals surface area (Å²) in [4.78, 5) is 11.4. The molecule has 1 saturated carbocycles. The fraction of sp³-hybridized carbons (Fsp3) is 0.417. The monoisotopic (exact) mass is 242 g/mol. The highest BCUT2D eigenvalue weighted by Crippen LogP contribution is 2.56. The van der Waals surface area contributed by atoms with Crippen molar-refractivity contribution in [3.05, 3.63) is 34.9 Å². The number of benzene rings is 1. The van der Waals surface area contributed by atoms with Crippen LogP contribution in [0, 0.1) is 5.92 Å². The second kappa shape index (κ2) is 4.06. The quantitative estimate of drug-likeness (QED) is 0.762. The average molecular weight is 243 g/mol. The predicted octanol–water partition coefficient (Wildman–Crippen LogP) is 3.09. The number of halogens is 2. The lowest BCUT2D eigenvalue weighted by Crippen LogP contribution is -2.13. The molecule has 0 aliphatic heterocycles. The summed E-state index contributed by atoms with van der Waals surface area (Å²) < 4.78 is 19.1. The van der Waals surface area contributed by atoms with E-state index >= 15 is 0 Å². The van der Waals surface area contributed by atoms with Crippen LogP contribution in [0.1, 0.15) is 18.9 Å². The van der Waals surface area contributed by atoms with Gasteiger partial charge in [-0.05, 0) is 24.6 Å². The molecule has 0 unspecified atom stereocenters. The van der Waals surface area contributed by atoms with Crippen LogP contribution in [0.3, 0.4) is 0 Å². The second-order valence-corrected chi connectivity index (χ2v) is 4.32. The summed E-state index contributed by atoms with van der Waals surface area (Å²) in [5.74, 6) is -1.14. The van der Waals surface area contributed by atoms with E-state index in [4.69, 9.17) is 16.3 Å². The van der Waals surface area contributed by atoms with E-state index in [-0.39, 0.29) is 13.0 Å². The lowest BCUT2D eigenvalue weighted by atomic mass is 10.1. The van der Waals surface area contributed by atoms with E-state index in [2.05, 4.69) is 0 Å². The highest BCUT2D eigenvalue weighted by Gasteiger charge is 2.61. The van der Waals surface area contributed by atoms with E-state index in [1.54, 1.807) is 31.2 Å². The minimum Gasteiger partial charge on any atom is -0.466 e. The first-order valence-corrected chi connectivity index (χ1v) is 5.57. The summed E-state index contributed by atoms with van der Waals surface area (Å²) in [5, 5.41) is 0.476. The summed E-state index contributed by atoms with van der Waals surface area (Å²) >= 11 is 5.78. The zero-order valence-corrected chi connectivity index (χ0v) is 9.63. The lowest BCUT2D eigenvalue weighted by Gasteiger charge is -2.08. The van der Waals surface area contributed by atoms with Crippen LogP contribution in [-0.2, 0) is 15.2 Å². The molecule has 1 fully saturated rings. The van der Waals surface area contributed by atoms with Gasteiger partial charge in [-0.15, -0.1) is 0 Å². The standard InChI is InChI=1S/C12H12ClFO2/c1-2-16-11(15)10-7-12(10,14)8-4-3-5-9(13)6-8/h3-6,10H,2,7H2,1H3/t10-,12+/m1/s1. The van der Waals surface area contributed by atoms with E-state index in [9.17, 15) is 9.18 Å². The van der Waals surface area contributed by atoms with Crippen molar-refractivity contribution < 1.29 is 13.9 Å². The van der Waals surface area contributed by atoms with Crippen LogP contribution in [0.4, 0.5) is 4.39 Å². The van der Waals surface area contributed by atoms with Gasteiger partial charge in [0.2, 0.25) is 0 Å². The summed E-state index contributed by atoms with van der Waals surface area (Å²) in [5.41, 5.74) is -1.13. The Morgan fingerprint density at radius 1 is 1.69 bits per heavy atom. The summed E-state index contributed by atoms with van der Waals surface area (Å²) in [7, 11) is 0. The largest absolute Gasteiger partial charge is 0.466 e. The van der Waals surface area contributed by atoms with Crippen LogP contribution in [0.2, 0.25) is 5.02 Å². The van der Waals surface area contributed by atoms with Crippen LogP contribution in [0.25, 0.3) is 0 Å². The van der Waals surface area contributed by atoms with Crippen molar-refractivity contribution >= 4 is 17.6 Å². The van der Waals surface area contributed by atoms with Gasteiger partial charge in [-0.2, -0.15) is 0 Å². The summed E-state index contributed by atoms with van der Waals surface area (Å²) in [6.07, 6.45) is 0.187. The first-order valence-electron chi connectivity index (χ1n) is 5.19. The van der Waals surface area contributed by atoms with Crippen LogP contribution < -0.4 is 0 Å². The molecule has 0 heterocycles. The lowest BCUT2D eigenvalue weighted by molar-refractivity contribution is -0.145. The molecule has 0 amide bonds. The number of carbonyl (C=O) groups is 1. The van der Waals surface area contributed by atoms with Gasteiger partial charge in [0.1, 0.15) is 5.67 Å². The molecule has 4 heteroatoms. The van der Waals surface area contributed by atoms with E-state index < -0.39 is 17.6 Å². The van der Waals surface area contributed by atoms with Gasteiger partial charge in [-0.3, -0.25) is 4.79 Å². The van der Waals surface area contributed by atoms with Crippen molar-refractivity contribution in [3.8, 4) is 0 Å². The van der Waals surface area contributed by atoms with Gasteiger partial charge in [0, 0.05) is 11.4 Å². The highest BCUT2D eigenvalue weighted by molar-refractivity contribution is 6.30. The Bertz CT molecular complexity index is 421. The third-order valence-corrected chi connectivity index (χ3v) is 3.00. The first kappa shape index (κ1) is 11.4. The number of carbonyl (C=O) groups excluding carboxylic acids is 1. The normalized spacial score (nSPS) is 27.6. The minimum atomic E-state index is -1.59. The van der Waals surface area contributed by atoms with Gasteiger partial charge in [0.25, 0.3) is 0 Å². The fourth-order valence-corrected chi connectivity index (χ4v) is 2.01. The number of esters is 1. The molecule has 0 radical (unpaired) electrons. The Kier molecular flexibility index (Phi) is 2.89. The molecule has 16 heavy (non-hydrogen) atoms. The molecule has 0 N–H and O–H groups in total. The number of alkyl halides is 1. The van der Waals surface area contributed by atoms with E-state index in [0.29, 0.717) is 10.6 Å². The zero-order valence-electron chi connectivity index (χ0n) is 8.87. The Hall–Kier alpha value is -1.09. The molecule has 1 aliphatic carbocycles. The number of rotatable bonds is 3. The van der Waals surface area contributed by atoms with Crippen LogP contribution >= 0.6 is 11.6 Å². The van der Waals surface area contributed by atoms with Crippen LogP contribution in [0.15, 0.2) is 24.3 Å². The number of hydrogen-bond donors (Lipinski definition) is 0. The smallest absolute Gasteiger partial charge is 0.312 e. The maximum atomic E-state index is 14.3. The van der Waals surface area contributed by atoms with Gasteiger partial charge >= 0.3 is 5.97 Å². The molecule has 2 nitrogen and oxygen atoms in total. The maximum absolute atomic E-state index is 14.3. The highest BCUT2D eigenvalue weighted by atomic mass is 35.5. The average Bonchev–Trinajstić information content (AvgIpc) is 2.93. The molecule has 0 aromatic heterocycles. The molecule has 0 saturated heterocycles. The Morgan fingerprint density at radius 2 is 2.44 bits per heavy atom. The topological polar surface area (TPSA) is 26.3 Å². The van der Waals surface area contributed by atoms with Crippen molar-refractivity contribution in [1.82, 2.24) is 0 Å². The Balaban J connectivity index is 2.15. The van der Waals surface area contributed by atoms with E-state index in [0.717, 1.165) is 0 Å². The van der Waals surface area contributed by atoms with Crippen molar-refractivity contribution in [2.45, 2.75) is 19.0 Å². The van der Waals surface area contributed by atoms with Crippen LogP contribution in [0.5, 0.6) is 0 Å². The third kappa shape index (κ3) is 1.92. The van der Waals surface area contributed by atoms with Gasteiger partial charge in [-0.25, -0.2) is 4.39 Å². The Morgan fingerprint density at radius 3 is 3.06 bits per heavy atom. The molecular formula is C12H12ClFO2. The van der Waals surface area contributed by atoms with E-state index in [1.165, 1.54) is 0 Å². The molecule has 0 bridgehead atoms. The van der Waals surface area contributed by atoms with Crippen molar-refractivity contribution in [3.63, 3.8) is 0 Å². The number of hydrogen-bond acceptors (Lipinski definition) is 2. The van der Waals surface area contributed by atoms with Gasteiger partial charge in [0.05, 0.1) is 12.5 Å². The molecule has 86 valence electrons.